The maximum absolute atomic E-state index is 12.4. The number of sulfonamides is 1. The van der Waals surface area contributed by atoms with Crippen LogP contribution in [0.15, 0.2) is 10.3 Å². The molecular weight excluding hydrogens is 280 g/mol. The normalized spacial score (nSPS) is 12.9. The molecule has 0 spiro atoms. The molecule has 0 aliphatic rings. The van der Waals surface area contributed by atoms with Gasteiger partial charge in [-0.2, -0.15) is 0 Å². The molecule has 6 heteroatoms. The Morgan fingerprint density at radius 1 is 1.32 bits per heavy atom. The fourth-order valence-corrected chi connectivity index (χ4v) is 4.65. The summed E-state index contributed by atoms with van der Waals surface area (Å²) in [7, 11) is -3.42. The van der Waals surface area contributed by atoms with Gasteiger partial charge >= 0.3 is 0 Å². The highest BCUT2D eigenvalue weighted by atomic mass is 32.2. The van der Waals surface area contributed by atoms with Crippen molar-refractivity contribution in [3.8, 4) is 0 Å². The Labute approximate surface area is 120 Å². The molecule has 0 unspecified atom stereocenters. The summed E-state index contributed by atoms with van der Waals surface area (Å²) < 4.78 is 27.5. The molecule has 0 radical (unpaired) electrons. The lowest BCUT2D eigenvalue weighted by atomic mass is 9.98. The van der Waals surface area contributed by atoms with Crippen molar-refractivity contribution in [2.24, 2.45) is 5.41 Å². The number of rotatable bonds is 6. The third kappa shape index (κ3) is 4.87. The first-order valence-corrected chi connectivity index (χ1v) is 8.81. The zero-order valence-corrected chi connectivity index (χ0v) is 14.0. The summed E-state index contributed by atoms with van der Waals surface area (Å²) in [6, 6.07) is 0. The number of hydrogen-bond acceptors (Lipinski definition) is 4. The molecule has 2 N–H and O–H groups in total. The van der Waals surface area contributed by atoms with E-state index in [9.17, 15) is 8.42 Å². The van der Waals surface area contributed by atoms with Gasteiger partial charge in [0.05, 0.1) is 0 Å². The smallest absolute Gasteiger partial charge is 0.242 e. The molecule has 0 aliphatic heterocycles. The van der Waals surface area contributed by atoms with Crippen LogP contribution in [0.5, 0.6) is 0 Å². The first-order valence-electron chi connectivity index (χ1n) is 6.44. The molecule has 1 heterocycles. The SMILES string of the molecule is CCNCc1scc(C)c1S(=O)(=O)NCC(C)(C)C. The van der Waals surface area contributed by atoms with Crippen LogP contribution in [0.1, 0.15) is 38.1 Å². The standard InChI is InChI=1S/C13H24N2O2S2/c1-6-14-7-11-12(10(2)8-18-11)19(16,17)15-9-13(3,4)5/h8,14-15H,6-7,9H2,1-5H3. The maximum atomic E-state index is 12.4. The van der Waals surface area contributed by atoms with Crippen LogP contribution in [-0.4, -0.2) is 21.5 Å². The van der Waals surface area contributed by atoms with E-state index in [0.717, 1.165) is 17.0 Å². The maximum Gasteiger partial charge on any atom is 0.242 e. The van der Waals surface area contributed by atoms with Gasteiger partial charge in [0.1, 0.15) is 4.90 Å². The molecule has 0 amide bonds. The van der Waals surface area contributed by atoms with Gasteiger partial charge in [0.2, 0.25) is 10.0 Å². The molecular formula is C13H24N2O2S2. The van der Waals surface area contributed by atoms with Crippen molar-refractivity contribution in [2.75, 3.05) is 13.1 Å². The summed E-state index contributed by atoms with van der Waals surface area (Å²) in [5.41, 5.74) is 0.748. The number of aryl methyl sites for hydroxylation is 1. The number of hydrogen-bond donors (Lipinski definition) is 2. The van der Waals surface area contributed by atoms with E-state index in [4.69, 9.17) is 0 Å². The summed E-state index contributed by atoms with van der Waals surface area (Å²) in [6.07, 6.45) is 0. The molecule has 4 nitrogen and oxygen atoms in total. The molecule has 1 rings (SSSR count). The van der Waals surface area contributed by atoms with E-state index in [1.165, 1.54) is 11.3 Å². The molecule has 1 aromatic rings. The highest BCUT2D eigenvalue weighted by Gasteiger charge is 2.24. The van der Waals surface area contributed by atoms with Crippen LogP contribution in [0.3, 0.4) is 0 Å². The van der Waals surface area contributed by atoms with Crippen molar-refractivity contribution >= 4 is 21.4 Å². The summed E-state index contributed by atoms with van der Waals surface area (Å²) >= 11 is 1.49. The average Bonchev–Trinajstić information content (AvgIpc) is 2.65. The highest BCUT2D eigenvalue weighted by molar-refractivity contribution is 7.89. The Bertz CT molecular complexity index is 513. The lowest BCUT2D eigenvalue weighted by molar-refractivity contribution is 0.407. The van der Waals surface area contributed by atoms with Crippen molar-refractivity contribution in [3.05, 3.63) is 15.8 Å². The number of thiophene rings is 1. The van der Waals surface area contributed by atoms with E-state index in [2.05, 4.69) is 10.0 Å². The fraction of sp³-hybridized carbons (Fsp3) is 0.692. The number of nitrogens with one attached hydrogen (secondary N) is 2. The Kier molecular flexibility index (Phi) is 5.55. The molecule has 0 aromatic carbocycles. The average molecular weight is 304 g/mol. The van der Waals surface area contributed by atoms with Gasteiger partial charge in [0.25, 0.3) is 0 Å². The zero-order chi connectivity index (χ0) is 14.7. The van der Waals surface area contributed by atoms with E-state index in [1.54, 1.807) is 0 Å². The minimum atomic E-state index is -3.42. The minimum Gasteiger partial charge on any atom is -0.312 e. The van der Waals surface area contributed by atoms with Gasteiger partial charge in [-0.3, -0.25) is 0 Å². The van der Waals surface area contributed by atoms with Crippen LogP contribution >= 0.6 is 11.3 Å². The van der Waals surface area contributed by atoms with Gasteiger partial charge in [0, 0.05) is 18.0 Å². The lowest BCUT2D eigenvalue weighted by Crippen LogP contribution is -2.33. The van der Waals surface area contributed by atoms with Crippen LogP contribution in [0.4, 0.5) is 0 Å². The van der Waals surface area contributed by atoms with Crippen molar-refractivity contribution in [1.82, 2.24) is 10.0 Å². The minimum absolute atomic E-state index is 0.0706. The highest BCUT2D eigenvalue weighted by Crippen LogP contribution is 2.27. The Morgan fingerprint density at radius 3 is 2.47 bits per heavy atom. The molecule has 0 saturated heterocycles. The van der Waals surface area contributed by atoms with Crippen LogP contribution in [0.25, 0.3) is 0 Å². The van der Waals surface area contributed by atoms with Gasteiger partial charge < -0.3 is 5.32 Å². The van der Waals surface area contributed by atoms with E-state index < -0.39 is 10.0 Å². The van der Waals surface area contributed by atoms with Crippen molar-refractivity contribution < 1.29 is 8.42 Å². The first-order chi connectivity index (χ1) is 8.67. The van der Waals surface area contributed by atoms with Crippen molar-refractivity contribution in [2.45, 2.75) is 46.1 Å². The second-order valence-electron chi connectivity index (χ2n) is 5.84. The zero-order valence-electron chi connectivity index (χ0n) is 12.3. The van der Waals surface area contributed by atoms with E-state index in [1.807, 2.05) is 40.0 Å². The van der Waals surface area contributed by atoms with Gasteiger partial charge in [-0.05, 0) is 29.8 Å². The second-order valence-corrected chi connectivity index (χ2v) is 8.50. The molecule has 110 valence electrons. The topological polar surface area (TPSA) is 58.2 Å². The van der Waals surface area contributed by atoms with Gasteiger partial charge in [-0.25, -0.2) is 13.1 Å². The third-order valence-electron chi connectivity index (χ3n) is 2.59. The molecule has 0 bridgehead atoms. The summed E-state index contributed by atoms with van der Waals surface area (Å²) in [6.45, 7) is 11.7. The van der Waals surface area contributed by atoms with Gasteiger partial charge in [0.15, 0.2) is 0 Å². The first kappa shape index (κ1) is 16.6. The Hall–Kier alpha value is -0.430. The lowest BCUT2D eigenvalue weighted by Gasteiger charge is -2.19. The van der Waals surface area contributed by atoms with E-state index >= 15 is 0 Å². The van der Waals surface area contributed by atoms with Crippen LogP contribution in [-0.2, 0) is 16.6 Å². The monoisotopic (exact) mass is 304 g/mol. The van der Waals surface area contributed by atoms with E-state index in [-0.39, 0.29) is 5.41 Å². The molecule has 1 aromatic heterocycles. The molecule has 0 atom stereocenters. The quantitative estimate of drug-likeness (QED) is 0.849. The van der Waals surface area contributed by atoms with Gasteiger partial charge in [-0.15, -0.1) is 11.3 Å². The third-order valence-corrected chi connectivity index (χ3v) is 5.45. The Balaban J connectivity index is 2.97. The summed E-state index contributed by atoms with van der Waals surface area (Å²) in [5, 5.41) is 5.08. The van der Waals surface area contributed by atoms with Crippen LogP contribution < -0.4 is 10.0 Å². The largest absolute Gasteiger partial charge is 0.312 e. The summed E-state index contributed by atoms with van der Waals surface area (Å²) in [5.74, 6) is 0. The second kappa shape index (κ2) is 6.35. The Morgan fingerprint density at radius 2 is 1.95 bits per heavy atom. The predicted octanol–water partition coefficient (Wildman–Crippen LogP) is 2.49. The summed E-state index contributed by atoms with van der Waals surface area (Å²) in [4.78, 5) is 1.32. The van der Waals surface area contributed by atoms with Crippen molar-refractivity contribution in [3.63, 3.8) is 0 Å². The van der Waals surface area contributed by atoms with Gasteiger partial charge in [-0.1, -0.05) is 27.7 Å². The van der Waals surface area contributed by atoms with E-state index in [0.29, 0.717) is 18.0 Å². The van der Waals surface area contributed by atoms with Crippen LogP contribution in [0.2, 0.25) is 0 Å². The predicted molar refractivity (Wildman–Crippen MR) is 81.1 cm³/mol. The molecule has 0 fully saturated rings. The molecule has 0 saturated carbocycles. The van der Waals surface area contributed by atoms with Crippen LogP contribution in [0, 0.1) is 12.3 Å². The molecule has 19 heavy (non-hydrogen) atoms. The molecule has 0 aliphatic carbocycles. The fourth-order valence-electron chi connectivity index (χ4n) is 1.59. The van der Waals surface area contributed by atoms with Crippen molar-refractivity contribution in [1.29, 1.82) is 0 Å².